The van der Waals surface area contributed by atoms with Gasteiger partial charge in [-0.15, -0.1) is 0 Å². The Hall–Kier alpha value is -12.8. The quantitative estimate of drug-likeness (QED) is 0.141. The Balaban J connectivity index is 0.730. The van der Waals surface area contributed by atoms with Gasteiger partial charge in [0.15, 0.2) is 0 Å². The molecule has 0 saturated heterocycles. The highest BCUT2D eigenvalue weighted by atomic mass is 15.0. The summed E-state index contributed by atoms with van der Waals surface area (Å²) < 4.78 is 7.24. The number of fused-ring (bicyclic) bond motifs is 16. The molecule has 0 atom stereocenters. The fourth-order valence-corrected chi connectivity index (χ4v) is 18.0. The summed E-state index contributed by atoms with van der Waals surface area (Å²) in [6, 6.07) is 123. The van der Waals surface area contributed by atoms with Crippen LogP contribution in [0.4, 0.5) is 0 Å². The van der Waals surface area contributed by atoms with Crippen molar-refractivity contribution in [3.8, 4) is 77.9 Å². The van der Waals surface area contributed by atoms with Gasteiger partial charge in [0.1, 0.15) is 0 Å². The molecular weight excluding hydrogens is 1210 g/mol. The second kappa shape index (κ2) is 21.6. The lowest BCUT2D eigenvalue weighted by atomic mass is 9.84. The molecule has 3 aromatic heterocycles. The number of aryl methyl sites for hydroxylation is 3. The largest absolute Gasteiger partial charge is 0.343 e. The second-order valence-corrected chi connectivity index (χ2v) is 27.4. The predicted molar refractivity (Wildman–Crippen MR) is 429 cm³/mol. The molecule has 0 fully saturated rings. The number of aromatic nitrogens is 3. The summed E-state index contributed by atoms with van der Waals surface area (Å²) in [5.74, 6) is 0. The monoisotopic (exact) mass is 1270 g/mol. The topological polar surface area (TPSA) is 14.8 Å². The molecule has 0 radical (unpaired) electrons. The first-order chi connectivity index (χ1) is 49.4. The van der Waals surface area contributed by atoms with Gasteiger partial charge in [0.25, 0.3) is 0 Å². The smallest absolute Gasteiger partial charge is 0.0568 e. The first kappa shape index (κ1) is 56.4. The number of nitrogens with zero attached hydrogens (tertiary/aromatic N) is 3. The molecule has 0 aliphatic heterocycles. The lowest BCUT2D eigenvalue weighted by molar-refractivity contribution is 1.02. The van der Waals surface area contributed by atoms with Gasteiger partial charge in [0.2, 0.25) is 0 Å². The molecule has 0 aliphatic carbocycles. The van der Waals surface area contributed by atoms with Crippen LogP contribution in [0, 0.1) is 0 Å². The van der Waals surface area contributed by atoms with Crippen LogP contribution in [-0.4, -0.2) is 13.7 Å². The van der Waals surface area contributed by atoms with E-state index < -0.39 is 0 Å². The minimum absolute atomic E-state index is 1.18. The van der Waals surface area contributed by atoms with Gasteiger partial charge in [0, 0.05) is 86.7 Å². The molecule has 21 rings (SSSR count). The molecule has 21 aromatic rings. The molecule has 466 valence electrons. The number of para-hydroxylation sites is 5. The highest BCUT2D eigenvalue weighted by Crippen LogP contribution is 2.51. The highest BCUT2D eigenvalue weighted by molar-refractivity contribution is 6.27. The Bertz CT molecular complexity index is 7120. The van der Waals surface area contributed by atoms with Crippen molar-refractivity contribution in [1.29, 1.82) is 0 Å². The minimum Gasteiger partial charge on any atom is -0.343 e. The van der Waals surface area contributed by atoms with Crippen LogP contribution in [0.3, 0.4) is 0 Å². The zero-order chi connectivity index (χ0) is 66.0. The van der Waals surface area contributed by atoms with Gasteiger partial charge in [-0.1, -0.05) is 291 Å². The summed E-state index contributed by atoms with van der Waals surface area (Å²) >= 11 is 0. The molecule has 3 heteroatoms. The number of benzene rings is 18. The van der Waals surface area contributed by atoms with Gasteiger partial charge in [-0.2, -0.15) is 0 Å². The van der Waals surface area contributed by atoms with Gasteiger partial charge < -0.3 is 13.7 Å². The molecule has 0 bridgehead atoms. The van der Waals surface area contributed by atoms with Gasteiger partial charge in [-0.3, -0.25) is 0 Å². The van der Waals surface area contributed by atoms with Crippen molar-refractivity contribution in [1.82, 2.24) is 13.7 Å². The van der Waals surface area contributed by atoms with Crippen molar-refractivity contribution < 1.29 is 0 Å². The molecule has 0 amide bonds. The molecule has 18 aromatic carbocycles. The molecule has 0 N–H and O–H groups in total. The lowest BCUT2D eigenvalue weighted by Gasteiger charge is -2.19. The SMILES string of the molecule is Cn1c2ccccc2c2cccc(-c3cccc4c(-c5cccc6ccccc56)c5cccc(-c6cccc7c8ccc(-c9ccc%10c(-c%11cccc%12c(-c%13cccc%14c%15ccccc%15n(C)c%13%14)c%13cccc(-c%14cccc%15ccccc%14%15)c%13cc%11%12)cccc%10c9)cc8n(C)c67)c5cc34)c21. The highest BCUT2D eigenvalue weighted by Gasteiger charge is 2.25. The Labute approximate surface area is 577 Å². The maximum Gasteiger partial charge on any atom is 0.0568 e. The molecule has 100 heavy (non-hydrogen) atoms. The maximum absolute atomic E-state index is 2.51. The van der Waals surface area contributed by atoms with Gasteiger partial charge in [-0.05, 0) is 173 Å². The predicted octanol–water partition coefficient (Wildman–Crippen LogP) is 26.4. The van der Waals surface area contributed by atoms with Crippen molar-refractivity contribution in [2.24, 2.45) is 21.1 Å². The second-order valence-electron chi connectivity index (χ2n) is 27.4. The van der Waals surface area contributed by atoms with Crippen molar-refractivity contribution in [3.63, 3.8) is 0 Å². The van der Waals surface area contributed by atoms with E-state index in [4.69, 9.17) is 0 Å². The van der Waals surface area contributed by atoms with Crippen LogP contribution in [0.1, 0.15) is 0 Å². The summed E-state index contributed by atoms with van der Waals surface area (Å²) in [7, 11) is 6.72. The van der Waals surface area contributed by atoms with E-state index in [1.54, 1.807) is 0 Å². The minimum atomic E-state index is 1.18. The Kier molecular flexibility index (Phi) is 12.2. The summed E-state index contributed by atoms with van der Waals surface area (Å²) in [4.78, 5) is 0. The normalized spacial score (nSPS) is 12.2. The van der Waals surface area contributed by atoms with E-state index in [1.165, 1.54) is 219 Å². The Morgan fingerprint density at radius 3 is 0.930 bits per heavy atom. The van der Waals surface area contributed by atoms with E-state index in [0.717, 1.165) is 0 Å². The van der Waals surface area contributed by atoms with Crippen molar-refractivity contribution in [3.05, 3.63) is 328 Å². The molecule has 0 unspecified atom stereocenters. The van der Waals surface area contributed by atoms with Crippen LogP contribution in [0.5, 0.6) is 0 Å². The fourth-order valence-electron chi connectivity index (χ4n) is 18.0. The lowest BCUT2D eigenvalue weighted by Crippen LogP contribution is -1.94. The zero-order valence-electron chi connectivity index (χ0n) is 55.5. The van der Waals surface area contributed by atoms with E-state index in [1.807, 2.05) is 0 Å². The van der Waals surface area contributed by atoms with Gasteiger partial charge in [-0.25, -0.2) is 0 Å². The van der Waals surface area contributed by atoms with Crippen LogP contribution >= 0.6 is 0 Å². The van der Waals surface area contributed by atoms with Crippen LogP contribution in [-0.2, 0) is 21.1 Å². The summed E-state index contributed by atoms with van der Waals surface area (Å²) in [6.07, 6.45) is 0. The van der Waals surface area contributed by atoms with E-state index in [0.29, 0.717) is 0 Å². The van der Waals surface area contributed by atoms with E-state index in [9.17, 15) is 0 Å². The van der Waals surface area contributed by atoms with Crippen LogP contribution < -0.4 is 0 Å². The average Bonchev–Trinajstić information content (AvgIpc) is 1.25. The van der Waals surface area contributed by atoms with E-state index >= 15 is 0 Å². The van der Waals surface area contributed by atoms with Gasteiger partial charge >= 0.3 is 0 Å². The molecule has 0 aliphatic rings. The first-order valence-corrected chi connectivity index (χ1v) is 34.8. The molecule has 0 spiro atoms. The third-order valence-electron chi connectivity index (χ3n) is 22.4. The molecule has 0 saturated carbocycles. The summed E-state index contributed by atoms with van der Waals surface area (Å²) in [5, 5.41) is 24.8. The average molecular weight is 1270 g/mol. The number of hydrogen-bond donors (Lipinski definition) is 0. The van der Waals surface area contributed by atoms with E-state index in [-0.39, 0.29) is 0 Å². The third kappa shape index (κ3) is 8.09. The maximum atomic E-state index is 2.51. The van der Waals surface area contributed by atoms with Crippen LogP contribution in [0.15, 0.2) is 328 Å². The van der Waals surface area contributed by atoms with Gasteiger partial charge in [0.05, 0.1) is 16.6 Å². The van der Waals surface area contributed by atoms with Crippen LogP contribution in [0.2, 0.25) is 0 Å². The molecular formula is C97H63N3. The molecule has 3 nitrogen and oxygen atoms in total. The fraction of sp³-hybridized carbons (Fsp3) is 0.0309. The number of hydrogen-bond acceptors (Lipinski definition) is 0. The zero-order valence-corrected chi connectivity index (χ0v) is 55.5. The molecule has 3 heterocycles. The summed E-state index contributed by atoms with van der Waals surface area (Å²) in [6.45, 7) is 0. The number of rotatable bonds is 7. The Morgan fingerprint density at radius 2 is 0.440 bits per heavy atom. The first-order valence-electron chi connectivity index (χ1n) is 34.8. The standard InChI is InChI=1S/C97H63N3/c1-98-90-48-10-8-29-72(90)82-44-19-42-80(95(82)98)70-35-17-38-76-88(70)57-89-71(36-18-39-77(89)93(76)75-37-13-25-59-23-5-7-28-64(59)75)81-43-20-45-84-74-53-51-61(55-92(74)100(3)96(81)84)60-50-52-65-62(54-60)26-14-32-67(65)69-34-16-41-79-87(69)56-86-68(66-31-12-24-58-22-4-6-27-63(58)66)33-15-40-78(86)94(79)85-47-21-46-83-73-30-9-11-49-91(73)99(2)97(83)85/h4-57H,1-3H3. The third-order valence-corrected chi connectivity index (χ3v) is 22.4. The van der Waals surface area contributed by atoms with Crippen LogP contribution in [0.25, 0.3) is 219 Å². The summed E-state index contributed by atoms with van der Waals surface area (Å²) in [5.41, 5.74) is 24.5. The Morgan fingerprint density at radius 1 is 0.160 bits per heavy atom. The van der Waals surface area contributed by atoms with E-state index in [2.05, 4.69) is 362 Å². The van der Waals surface area contributed by atoms with Crippen molar-refractivity contribution in [2.45, 2.75) is 0 Å². The van der Waals surface area contributed by atoms with Crippen molar-refractivity contribution in [2.75, 3.05) is 0 Å². The van der Waals surface area contributed by atoms with Crippen molar-refractivity contribution >= 4 is 141 Å².